The second kappa shape index (κ2) is 9.45. The van der Waals surface area contributed by atoms with Crippen molar-refractivity contribution in [2.24, 2.45) is 0 Å². The molecule has 0 saturated carbocycles. The van der Waals surface area contributed by atoms with Crippen LogP contribution in [0.3, 0.4) is 0 Å². The highest BCUT2D eigenvalue weighted by Crippen LogP contribution is 2.11. The van der Waals surface area contributed by atoms with E-state index in [1.54, 1.807) is 0 Å². The first-order chi connectivity index (χ1) is 11.6. The third kappa shape index (κ3) is 5.66. The van der Waals surface area contributed by atoms with Gasteiger partial charge < -0.3 is 9.80 Å². The van der Waals surface area contributed by atoms with Gasteiger partial charge in [0.25, 0.3) is 0 Å². The van der Waals surface area contributed by atoms with Gasteiger partial charge in [-0.1, -0.05) is 43.2 Å². The third-order valence-corrected chi connectivity index (χ3v) is 4.66. The average Bonchev–Trinajstić information content (AvgIpc) is 2.84. The standard InChI is InChI=1S/C20H30N2O2/c1-3-4-9-19(23)21-12-6-13-22(15-14-21)20(24)11-10-18-8-5-7-17(2)16-18/h5,7-8,16H,3-4,6,9-15H2,1-2H3. The predicted molar refractivity (Wildman–Crippen MR) is 96.8 cm³/mol. The molecule has 1 aromatic carbocycles. The van der Waals surface area contributed by atoms with Crippen molar-refractivity contribution in [3.63, 3.8) is 0 Å². The molecule has 0 bridgehead atoms. The molecule has 0 aromatic heterocycles. The number of amides is 2. The first-order valence-electron chi connectivity index (χ1n) is 9.21. The molecule has 1 saturated heterocycles. The summed E-state index contributed by atoms with van der Waals surface area (Å²) in [7, 11) is 0. The molecule has 0 unspecified atom stereocenters. The summed E-state index contributed by atoms with van der Waals surface area (Å²) in [6.07, 6.45) is 4.85. The van der Waals surface area contributed by atoms with Crippen molar-refractivity contribution in [2.75, 3.05) is 26.2 Å². The highest BCUT2D eigenvalue weighted by atomic mass is 16.2. The van der Waals surface area contributed by atoms with E-state index < -0.39 is 0 Å². The van der Waals surface area contributed by atoms with Crippen molar-refractivity contribution >= 4 is 11.8 Å². The lowest BCUT2D eigenvalue weighted by atomic mass is 10.1. The minimum Gasteiger partial charge on any atom is -0.341 e. The summed E-state index contributed by atoms with van der Waals surface area (Å²) in [6.45, 7) is 7.08. The smallest absolute Gasteiger partial charge is 0.222 e. The van der Waals surface area contributed by atoms with Gasteiger partial charge in [-0.2, -0.15) is 0 Å². The summed E-state index contributed by atoms with van der Waals surface area (Å²) in [5.74, 6) is 0.449. The number of hydrogen-bond acceptors (Lipinski definition) is 2. The average molecular weight is 330 g/mol. The third-order valence-electron chi connectivity index (χ3n) is 4.66. The molecule has 4 nitrogen and oxygen atoms in total. The second-order valence-corrected chi connectivity index (χ2v) is 6.71. The number of unbranched alkanes of at least 4 members (excludes halogenated alkanes) is 1. The van der Waals surface area contributed by atoms with Crippen LogP contribution < -0.4 is 0 Å². The minimum absolute atomic E-state index is 0.208. The Kier molecular flexibility index (Phi) is 7.29. The van der Waals surface area contributed by atoms with Gasteiger partial charge in [-0.25, -0.2) is 0 Å². The number of carbonyl (C=O) groups excluding carboxylic acids is 2. The summed E-state index contributed by atoms with van der Waals surface area (Å²) in [4.78, 5) is 28.5. The van der Waals surface area contributed by atoms with E-state index in [4.69, 9.17) is 0 Å². The van der Waals surface area contributed by atoms with Gasteiger partial charge in [-0.15, -0.1) is 0 Å². The molecule has 0 N–H and O–H groups in total. The van der Waals surface area contributed by atoms with Gasteiger partial charge in [0, 0.05) is 39.0 Å². The van der Waals surface area contributed by atoms with Crippen LogP contribution in [0.4, 0.5) is 0 Å². The normalized spacial score (nSPS) is 15.2. The summed E-state index contributed by atoms with van der Waals surface area (Å²) in [6, 6.07) is 8.34. The zero-order chi connectivity index (χ0) is 17.4. The van der Waals surface area contributed by atoms with Crippen LogP contribution in [0.1, 0.15) is 50.2 Å². The van der Waals surface area contributed by atoms with Gasteiger partial charge >= 0.3 is 0 Å². The van der Waals surface area contributed by atoms with E-state index in [0.717, 1.165) is 38.8 Å². The molecule has 1 fully saturated rings. The molecule has 1 aliphatic rings. The van der Waals surface area contributed by atoms with E-state index in [0.29, 0.717) is 25.9 Å². The monoisotopic (exact) mass is 330 g/mol. The van der Waals surface area contributed by atoms with Crippen LogP contribution in [-0.2, 0) is 16.0 Å². The molecule has 4 heteroatoms. The van der Waals surface area contributed by atoms with E-state index in [9.17, 15) is 9.59 Å². The lowest BCUT2D eigenvalue weighted by Crippen LogP contribution is -2.37. The molecule has 2 amide bonds. The molecule has 0 atom stereocenters. The Hall–Kier alpha value is -1.84. The molecule has 1 aromatic rings. The highest BCUT2D eigenvalue weighted by Gasteiger charge is 2.21. The Bertz CT molecular complexity index is 556. The van der Waals surface area contributed by atoms with Crippen molar-refractivity contribution in [3.8, 4) is 0 Å². The summed E-state index contributed by atoms with van der Waals surface area (Å²) < 4.78 is 0. The van der Waals surface area contributed by atoms with Gasteiger partial charge in [-0.05, 0) is 31.7 Å². The molecule has 0 spiro atoms. The lowest BCUT2D eigenvalue weighted by Gasteiger charge is -2.22. The van der Waals surface area contributed by atoms with E-state index in [1.165, 1.54) is 11.1 Å². The maximum atomic E-state index is 12.5. The highest BCUT2D eigenvalue weighted by molar-refractivity contribution is 5.78. The van der Waals surface area contributed by atoms with E-state index in [1.807, 2.05) is 15.9 Å². The van der Waals surface area contributed by atoms with Crippen molar-refractivity contribution < 1.29 is 9.59 Å². The van der Waals surface area contributed by atoms with Crippen LogP contribution in [0.5, 0.6) is 0 Å². The fourth-order valence-corrected chi connectivity index (χ4v) is 3.18. The zero-order valence-corrected chi connectivity index (χ0v) is 15.1. The van der Waals surface area contributed by atoms with Gasteiger partial charge in [0.15, 0.2) is 0 Å². The van der Waals surface area contributed by atoms with Crippen molar-refractivity contribution in [1.29, 1.82) is 0 Å². The molecule has 1 aliphatic heterocycles. The minimum atomic E-state index is 0.208. The Labute approximate surface area is 145 Å². The number of nitrogens with zero attached hydrogens (tertiary/aromatic N) is 2. The Morgan fingerprint density at radius 2 is 1.67 bits per heavy atom. The number of benzene rings is 1. The van der Waals surface area contributed by atoms with E-state index in [-0.39, 0.29) is 11.8 Å². The zero-order valence-electron chi connectivity index (χ0n) is 15.1. The molecule has 0 radical (unpaired) electrons. The summed E-state index contributed by atoms with van der Waals surface area (Å²) in [5, 5.41) is 0. The van der Waals surface area contributed by atoms with Gasteiger partial charge in [0.1, 0.15) is 0 Å². The van der Waals surface area contributed by atoms with Crippen LogP contribution in [0, 0.1) is 6.92 Å². The summed E-state index contributed by atoms with van der Waals surface area (Å²) >= 11 is 0. The molecule has 2 rings (SSSR count). The largest absolute Gasteiger partial charge is 0.341 e. The fraction of sp³-hybridized carbons (Fsp3) is 0.600. The first-order valence-corrected chi connectivity index (χ1v) is 9.21. The number of rotatable bonds is 6. The van der Waals surface area contributed by atoms with Crippen LogP contribution in [0.25, 0.3) is 0 Å². The number of carbonyl (C=O) groups is 2. The maximum Gasteiger partial charge on any atom is 0.222 e. The topological polar surface area (TPSA) is 40.6 Å². The fourth-order valence-electron chi connectivity index (χ4n) is 3.18. The molecule has 1 heterocycles. The van der Waals surface area contributed by atoms with Crippen molar-refractivity contribution in [2.45, 2.75) is 52.4 Å². The second-order valence-electron chi connectivity index (χ2n) is 6.71. The number of aryl methyl sites for hydroxylation is 2. The molecular weight excluding hydrogens is 300 g/mol. The first kappa shape index (κ1) is 18.5. The van der Waals surface area contributed by atoms with E-state index >= 15 is 0 Å². The van der Waals surface area contributed by atoms with Gasteiger partial charge in [0.05, 0.1) is 0 Å². The maximum absolute atomic E-state index is 12.5. The molecule has 24 heavy (non-hydrogen) atoms. The number of hydrogen-bond donors (Lipinski definition) is 0. The van der Waals surface area contributed by atoms with Crippen LogP contribution in [0.2, 0.25) is 0 Å². The van der Waals surface area contributed by atoms with Gasteiger partial charge in [0.2, 0.25) is 11.8 Å². The summed E-state index contributed by atoms with van der Waals surface area (Å²) in [5.41, 5.74) is 2.45. The molecule has 0 aliphatic carbocycles. The quantitative estimate of drug-likeness (QED) is 0.804. The van der Waals surface area contributed by atoms with Crippen LogP contribution in [0.15, 0.2) is 24.3 Å². The Balaban J connectivity index is 1.80. The van der Waals surface area contributed by atoms with Gasteiger partial charge in [-0.3, -0.25) is 9.59 Å². The van der Waals surface area contributed by atoms with E-state index in [2.05, 4.69) is 32.0 Å². The SMILES string of the molecule is CCCCC(=O)N1CCCN(C(=O)CCc2cccc(C)c2)CC1. The van der Waals surface area contributed by atoms with Crippen molar-refractivity contribution in [3.05, 3.63) is 35.4 Å². The molecular formula is C20H30N2O2. The Morgan fingerprint density at radius 1 is 1.00 bits per heavy atom. The van der Waals surface area contributed by atoms with Crippen LogP contribution >= 0.6 is 0 Å². The molecule has 132 valence electrons. The predicted octanol–water partition coefficient (Wildman–Crippen LogP) is 3.18. The van der Waals surface area contributed by atoms with Crippen LogP contribution in [-0.4, -0.2) is 47.8 Å². The van der Waals surface area contributed by atoms with Crippen molar-refractivity contribution in [1.82, 2.24) is 9.80 Å². The Morgan fingerprint density at radius 3 is 2.29 bits per heavy atom. The lowest BCUT2D eigenvalue weighted by molar-refractivity contribution is -0.133.